The first-order valence-electron chi connectivity index (χ1n) is 9.05. The zero-order valence-corrected chi connectivity index (χ0v) is 17.1. The molecule has 2 N–H and O–H groups in total. The average molecular weight is 393 g/mol. The van der Waals surface area contributed by atoms with Gasteiger partial charge in [-0.3, -0.25) is 0 Å². The van der Waals surface area contributed by atoms with Crippen LogP contribution >= 0.6 is 12.2 Å². The van der Waals surface area contributed by atoms with Gasteiger partial charge < -0.3 is 5.11 Å². The molecule has 0 aliphatic rings. The van der Waals surface area contributed by atoms with Crippen molar-refractivity contribution in [3.05, 3.63) is 76.6 Å². The van der Waals surface area contributed by atoms with Gasteiger partial charge in [0.1, 0.15) is 5.75 Å². The number of benzene rings is 2. The Labute approximate surface area is 170 Å². The molecule has 0 amide bonds. The van der Waals surface area contributed by atoms with E-state index in [0.29, 0.717) is 22.6 Å². The summed E-state index contributed by atoms with van der Waals surface area (Å²) < 4.78 is 1.94. The van der Waals surface area contributed by atoms with Crippen molar-refractivity contribution in [2.75, 3.05) is 0 Å². The minimum Gasteiger partial charge on any atom is -0.507 e. The molecule has 0 saturated carbocycles. The van der Waals surface area contributed by atoms with Crippen LogP contribution in [0.15, 0.2) is 60.2 Å². The molecule has 5 nitrogen and oxygen atoms in total. The van der Waals surface area contributed by atoms with Crippen LogP contribution in [-0.2, 0) is 11.8 Å². The molecule has 0 fully saturated rings. The van der Waals surface area contributed by atoms with E-state index in [1.165, 1.54) is 5.56 Å². The second kappa shape index (κ2) is 7.94. The Morgan fingerprint density at radius 2 is 1.93 bits per heavy atom. The minimum absolute atomic E-state index is 0.0788. The van der Waals surface area contributed by atoms with Crippen LogP contribution < -0.4 is 0 Å². The molecular formula is C22H24N4OS. The van der Waals surface area contributed by atoms with Gasteiger partial charge >= 0.3 is 0 Å². The lowest BCUT2D eigenvalue weighted by molar-refractivity contribution is 0.469. The largest absolute Gasteiger partial charge is 0.507 e. The van der Waals surface area contributed by atoms with Crippen LogP contribution in [0, 0.1) is 4.77 Å². The third kappa shape index (κ3) is 4.12. The number of phenols is 1. The SMILES string of the molecule is C=CCc1cccc(C=Nn2c(-c3ccc(C(C)(C)C)cc3)n[nH]c2=S)c1O. The Kier molecular flexibility index (Phi) is 5.61. The molecule has 0 bridgehead atoms. The van der Waals surface area contributed by atoms with Crippen LogP contribution in [0.4, 0.5) is 0 Å². The molecule has 28 heavy (non-hydrogen) atoms. The van der Waals surface area contributed by atoms with Gasteiger partial charge in [0.2, 0.25) is 4.77 Å². The topological polar surface area (TPSA) is 66.2 Å². The van der Waals surface area contributed by atoms with Gasteiger partial charge in [-0.2, -0.15) is 14.9 Å². The fourth-order valence-corrected chi connectivity index (χ4v) is 3.04. The summed E-state index contributed by atoms with van der Waals surface area (Å²) >= 11 is 5.33. The van der Waals surface area contributed by atoms with E-state index in [9.17, 15) is 5.11 Å². The number of phenolic OH excluding ortho intramolecular Hbond substituents is 1. The van der Waals surface area contributed by atoms with Gasteiger partial charge in [-0.15, -0.1) is 6.58 Å². The van der Waals surface area contributed by atoms with Crippen LogP contribution in [0.1, 0.15) is 37.5 Å². The first kappa shape index (κ1) is 19.8. The lowest BCUT2D eigenvalue weighted by atomic mass is 9.87. The van der Waals surface area contributed by atoms with Gasteiger partial charge in [-0.25, -0.2) is 5.10 Å². The first-order chi connectivity index (χ1) is 13.3. The van der Waals surface area contributed by atoms with E-state index in [4.69, 9.17) is 12.2 Å². The Morgan fingerprint density at radius 3 is 2.57 bits per heavy atom. The lowest BCUT2D eigenvalue weighted by Crippen LogP contribution is -2.10. The standard InChI is InChI=1S/C22H24N4OS/c1-5-7-15-8-6-9-17(19(15)27)14-23-26-20(24-25-21(26)28)16-10-12-18(13-11-16)22(2,3)4/h5-6,8-14,27H,1,7H2,2-4H3,(H,25,28). The summed E-state index contributed by atoms with van der Waals surface area (Å²) in [6.07, 6.45) is 3.92. The van der Waals surface area contributed by atoms with Crippen LogP contribution in [-0.4, -0.2) is 26.2 Å². The highest BCUT2D eigenvalue weighted by molar-refractivity contribution is 7.71. The van der Waals surface area contributed by atoms with E-state index >= 15 is 0 Å². The minimum atomic E-state index is 0.0788. The number of hydrogen-bond acceptors (Lipinski definition) is 4. The molecule has 1 aromatic heterocycles. The maximum Gasteiger partial charge on any atom is 0.216 e. The molecule has 2 aromatic carbocycles. The van der Waals surface area contributed by atoms with E-state index in [-0.39, 0.29) is 11.2 Å². The number of rotatable bonds is 5. The van der Waals surface area contributed by atoms with Gasteiger partial charge in [0.25, 0.3) is 0 Å². The quantitative estimate of drug-likeness (QED) is 0.355. The number of H-pyrrole nitrogens is 1. The van der Waals surface area contributed by atoms with Gasteiger partial charge in [0.15, 0.2) is 5.82 Å². The van der Waals surface area contributed by atoms with E-state index in [1.807, 2.05) is 24.3 Å². The summed E-state index contributed by atoms with van der Waals surface area (Å²) in [4.78, 5) is 0. The normalized spacial score (nSPS) is 11.8. The highest BCUT2D eigenvalue weighted by atomic mass is 32.1. The summed E-state index contributed by atoms with van der Waals surface area (Å²) in [5.41, 5.74) is 3.63. The fourth-order valence-electron chi connectivity index (χ4n) is 2.86. The lowest BCUT2D eigenvalue weighted by Gasteiger charge is -2.18. The van der Waals surface area contributed by atoms with Gasteiger partial charge in [-0.1, -0.05) is 63.2 Å². The van der Waals surface area contributed by atoms with Gasteiger partial charge in [0.05, 0.1) is 6.21 Å². The number of aromatic nitrogens is 3. The van der Waals surface area contributed by atoms with Crippen LogP contribution in [0.3, 0.4) is 0 Å². The van der Waals surface area contributed by atoms with Crippen LogP contribution in [0.25, 0.3) is 11.4 Å². The molecule has 0 unspecified atom stereocenters. The van der Waals surface area contributed by atoms with Crippen LogP contribution in [0.5, 0.6) is 5.75 Å². The maximum atomic E-state index is 10.4. The van der Waals surface area contributed by atoms with Gasteiger partial charge in [0, 0.05) is 11.1 Å². The zero-order chi connectivity index (χ0) is 20.3. The predicted octanol–water partition coefficient (Wildman–Crippen LogP) is 5.22. The molecule has 3 rings (SSSR count). The molecule has 0 spiro atoms. The molecule has 0 aliphatic heterocycles. The number of hydrogen-bond donors (Lipinski definition) is 2. The van der Waals surface area contributed by atoms with E-state index in [0.717, 1.165) is 11.1 Å². The van der Waals surface area contributed by atoms with Crippen molar-refractivity contribution >= 4 is 18.4 Å². The van der Waals surface area contributed by atoms with Crippen molar-refractivity contribution in [1.29, 1.82) is 0 Å². The predicted molar refractivity (Wildman–Crippen MR) is 117 cm³/mol. The molecule has 0 atom stereocenters. The van der Waals surface area contributed by atoms with Crippen molar-refractivity contribution in [3.8, 4) is 17.1 Å². The van der Waals surface area contributed by atoms with Gasteiger partial charge in [-0.05, 0) is 41.2 Å². The smallest absolute Gasteiger partial charge is 0.216 e. The summed E-state index contributed by atoms with van der Waals surface area (Å²) in [5.74, 6) is 0.806. The van der Waals surface area contributed by atoms with Crippen molar-refractivity contribution in [2.24, 2.45) is 5.10 Å². The molecule has 3 aromatic rings. The van der Waals surface area contributed by atoms with Crippen molar-refractivity contribution in [3.63, 3.8) is 0 Å². The molecule has 0 aliphatic carbocycles. The monoisotopic (exact) mass is 392 g/mol. The molecule has 6 heteroatoms. The third-order valence-corrected chi connectivity index (χ3v) is 4.75. The third-order valence-electron chi connectivity index (χ3n) is 4.49. The zero-order valence-electron chi connectivity index (χ0n) is 16.3. The number of para-hydroxylation sites is 1. The molecule has 1 heterocycles. The number of nitrogens with one attached hydrogen (secondary N) is 1. The second-order valence-corrected chi connectivity index (χ2v) is 7.97. The Morgan fingerprint density at radius 1 is 1.21 bits per heavy atom. The molecule has 0 radical (unpaired) electrons. The summed E-state index contributed by atoms with van der Waals surface area (Å²) in [6, 6.07) is 13.7. The van der Waals surface area contributed by atoms with Crippen molar-refractivity contribution < 1.29 is 5.11 Å². The van der Waals surface area contributed by atoms with Crippen molar-refractivity contribution in [2.45, 2.75) is 32.6 Å². The molecular weight excluding hydrogens is 368 g/mol. The summed E-state index contributed by atoms with van der Waals surface area (Å²) in [5, 5.41) is 22.0. The fraction of sp³-hybridized carbons (Fsp3) is 0.227. The number of aromatic amines is 1. The first-order valence-corrected chi connectivity index (χ1v) is 9.46. The summed E-state index contributed by atoms with van der Waals surface area (Å²) in [6.45, 7) is 10.2. The second-order valence-electron chi connectivity index (χ2n) is 7.58. The highest BCUT2D eigenvalue weighted by Crippen LogP contribution is 2.26. The highest BCUT2D eigenvalue weighted by Gasteiger charge is 2.15. The maximum absolute atomic E-state index is 10.4. The Bertz CT molecular complexity index is 1070. The Hall–Kier alpha value is -2.99. The van der Waals surface area contributed by atoms with Crippen LogP contribution in [0.2, 0.25) is 0 Å². The number of nitrogens with zero attached hydrogens (tertiary/aromatic N) is 3. The molecule has 0 saturated heterocycles. The van der Waals surface area contributed by atoms with E-state index < -0.39 is 0 Å². The average Bonchev–Trinajstić information content (AvgIpc) is 3.02. The summed E-state index contributed by atoms with van der Waals surface area (Å²) in [7, 11) is 0. The van der Waals surface area contributed by atoms with E-state index in [2.05, 4.69) is 54.8 Å². The molecule has 144 valence electrons. The van der Waals surface area contributed by atoms with E-state index in [1.54, 1.807) is 23.0 Å². The number of aromatic hydroxyl groups is 1. The Balaban J connectivity index is 1.96. The van der Waals surface area contributed by atoms with Crippen molar-refractivity contribution in [1.82, 2.24) is 14.9 Å². The number of allylic oxidation sites excluding steroid dienone is 1.